The van der Waals surface area contributed by atoms with Crippen molar-refractivity contribution >= 4 is 28.7 Å². The monoisotopic (exact) mass is 389 g/mol. The third-order valence-corrected chi connectivity index (χ3v) is 6.64. The lowest BCUT2D eigenvalue weighted by Gasteiger charge is -2.33. The van der Waals surface area contributed by atoms with Gasteiger partial charge in [-0.25, -0.2) is 0 Å². The van der Waals surface area contributed by atoms with E-state index in [0.717, 1.165) is 57.1 Å². The minimum absolute atomic E-state index is 0.119. The predicted molar refractivity (Wildman–Crippen MR) is 105 cm³/mol. The average molecular weight is 390 g/mol. The van der Waals surface area contributed by atoms with Crippen LogP contribution in [0.5, 0.6) is 0 Å². The summed E-state index contributed by atoms with van der Waals surface area (Å²) in [7, 11) is 0. The standard InChI is InChI=1S/C20H27N3O3S/c1-15-4-6-22(7-5-15)18-17(16-3-2-14-27-16)19(24)23(20(18)25)9-8-21-10-12-26-13-11-21/h2-3,14-15H,4-13H2,1H3. The summed E-state index contributed by atoms with van der Waals surface area (Å²) in [6.07, 6.45) is 2.13. The number of rotatable bonds is 5. The largest absolute Gasteiger partial charge is 0.379 e. The highest BCUT2D eigenvalue weighted by Gasteiger charge is 2.42. The van der Waals surface area contributed by atoms with Crippen LogP contribution in [0.2, 0.25) is 0 Å². The van der Waals surface area contributed by atoms with Gasteiger partial charge in [0.15, 0.2) is 0 Å². The Kier molecular flexibility index (Phi) is 5.61. The highest BCUT2D eigenvalue weighted by molar-refractivity contribution is 7.11. The van der Waals surface area contributed by atoms with Crippen LogP contribution < -0.4 is 0 Å². The summed E-state index contributed by atoms with van der Waals surface area (Å²) in [5, 5.41) is 1.96. The van der Waals surface area contributed by atoms with Crippen LogP contribution in [0.1, 0.15) is 24.6 Å². The van der Waals surface area contributed by atoms with Gasteiger partial charge in [0.2, 0.25) is 0 Å². The summed E-state index contributed by atoms with van der Waals surface area (Å²) in [4.78, 5) is 33.2. The van der Waals surface area contributed by atoms with Gasteiger partial charge < -0.3 is 9.64 Å². The molecule has 0 bridgehead atoms. The van der Waals surface area contributed by atoms with Crippen LogP contribution in [0, 0.1) is 5.92 Å². The molecule has 0 N–H and O–H groups in total. The van der Waals surface area contributed by atoms with Gasteiger partial charge in [-0.3, -0.25) is 19.4 Å². The highest BCUT2D eigenvalue weighted by atomic mass is 32.1. The summed E-state index contributed by atoms with van der Waals surface area (Å²) in [6.45, 7) is 8.26. The van der Waals surface area contributed by atoms with Crippen molar-refractivity contribution in [3.8, 4) is 0 Å². The van der Waals surface area contributed by atoms with E-state index in [0.29, 0.717) is 30.3 Å². The van der Waals surface area contributed by atoms with E-state index in [2.05, 4.69) is 16.7 Å². The zero-order valence-corrected chi connectivity index (χ0v) is 16.7. The molecular weight excluding hydrogens is 362 g/mol. The first-order chi connectivity index (χ1) is 13.1. The Balaban J connectivity index is 1.55. The van der Waals surface area contributed by atoms with Crippen molar-refractivity contribution in [1.29, 1.82) is 0 Å². The van der Waals surface area contributed by atoms with Crippen LogP contribution >= 0.6 is 11.3 Å². The number of morpholine rings is 1. The fourth-order valence-electron chi connectivity index (χ4n) is 4.00. The molecule has 0 aromatic carbocycles. The lowest BCUT2D eigenvalue weighted by Crippen LogP contribution is -2.44. The maximum absolute atomic E-state index is 13.2. The van der Waals surface area contributed by atoms with Crippen molar-refractivity contribution < 1.29 is 14.3 Å². The van der Waals surface area contributed by atoms with Gasteiger partial charge in [0, 0.05) is 44.1 Å². The van der Waals surface area contributed by atoms with Gasteiger partial charge in [-0.15, -0.1) is 11.3 Å². The molecule has 0 atom stereocenters. The number of piperidine rings is 1. The Morgan fingerprint density at radius 3 is 2.48 bits per heavy atom. The number of amides is 2. The Labute approximate surface area is 164 Å². The Morgan fingerprint density at radius 1 is 1.07 bits per heavy atom. The van der Waals surface area contributed by atoms with Crippen LogP contribution in [0.4, 0.5) is 0 Å². The lowest BCUT2D eigenvalue weighted by atomic mass is 9.98. The van der Waals surface area contributed by atoms with Crippen molar-refractivity contribution in [1.82, 2.24) is 14.7 Å². The first-order valence-corrected chi connectivity index (χ1v) is 10.7. The maximum atomic E-state index is 13.2. The predicted octanol–water partition coefficient (Wildman–Crippen LogP) is 1.89. The van der Waals surface area contributed by atoms with E-state index < -0.39 is 0 Å². The molecule has 0 saturated carbocycles. The number of ether oxygens (including phenoxy) is 1. The fourth-order valence-corrected chi connectivity index (χ4v) is 4.76. The molecule has 27 heavy (non-hydrogen) atoms. The number of hydrogen-bond acceptors (Lipinski definition) is 6. The number of thiophene rings is 1. The molecule has 0 unspecified atom stereocenters. The van der Waals surface area contributed by atoms with E-state index >= 15 is 0 Å². The molecule has 3 aliphatic heterocycles. The summed E-state index contributed by atoms with van der Waals surface area (Å²) in [5.74, 6) is 0.423. The highest BCUT2D eigenvalue weighted by Crippen LogP contribution is 2.35. The number of hydrogen-bond donors (Lipinski definition) is 0. The van der Waals surface area contributed by atoms with Crippen LogP contribution in [-0.4, -0.2) is 79.0 Å². The van der Waals surface area contributed by atoms with Gasteiger partial charge in [0.25, 0.3) is 11.8 Å². The molecule has 146 valence electrons. The molecular formula is C20H27N3O3S. The van der Waals surface area contributed by atoms with E-state index in [1.807, 2.05) is 17.5 Å². The lowest BCUT2D eigenvalue weighted by molar-refractivity contribution is -0.138. The summed E-state index contributed by atoms with van der Waals surface area (Å²) >= 11 is 1.53. The Hall–Kier alpha value is -1.70. The zero-order chi connectivity index (χ0) is 18.8. The number of carbonyl (C=O) groups is 2. The second-order valence-electron chi connectivity index (χ2n) is 7.59. The molecule has 4 heterocycles. The number of imide groups is 1. The molecule has 3 aliphatic rings. The van der Waals surface area contributed by atoms with Crippen LogP contribution in [0.3, 0.4) is 0 Å². The van der Waals surface area contributed by atoms with Crippen molar-refractivity contribution in [2.45, 2.75) is 19.8 Å². The zero-order valence-electron chi connectivity index (χ0n) is 15.9. The molecule has 0 radical (unpaired) electrons. The first kappa shape index (κ1) is 18.7. The van der Waals surface area contributed by atoms with Crippen molar-refractivity contribution in [2.75, 3.05) is 52.5 Å². The third-order valence-electron chi connectivity index (χ3n) is 5.75. The summed E-state index contributed by atoms with van der Waals surface area (Å²) in [5.41, 5.74) is 1.22. The maximum Gasteiger partial charge on any atom is 0.277 e. The minimum Gasteiger partial charge on any atom is -0.379 e. The Morgan fingerprint density at radius 2 is 1.81 bits per heavy atom. The van der Waals surface area contributed by atoms with E-state index in [1.165, 1.54) is 16.2 Å². The fraction of sp³-hybridized carbons (Fsp3) is 0.600. The Bertz CT molecular complexity index is 717. The van der Waals surface area contributed by atoms with Crippen LogP contribution in [0.25, 0.3) is 5.57 Å². The van der Waals surface area contributed by atoms with E-state index in [9.17, 15) is 9.59 Å². The van der Waals surface area contributed by atoms with Gasteiger partial charge in [0.05, 0.1) is 18.8 Å². The molecule has 1 aromatic heterocycles. The normalized spacial score (nSPS) is 23.0. The second-order valence-corrected chi connectivity index (χ2v) is 8.53. The average Bonchev–Trinajstić information content (AvgIpc) is 3.29. The smallest absolute Gasteiger partial charge is 0.277 e. The molecule has 6 nitrogen and oxygen atoms in total. The minimum atomic E-state index is -0.135. The van der Waals surface area contributed by atoms with Gasteiger partial charge in [-0.2, -0.15) is 0 Å². The van der Waals surface area contributed by atoms with Crippen molar-refractivity contribution in [2.24, 2.45) is 5.92 Å². The summed E-state index contributed by atoms with van der Waals surface area (Å²) in [6, 6.07) is 3.89. The molecule has 4 rings (SSSR count). The molecule has 2 amide bonds. The number of carbonyl (C=O) groups excluding carboxylic acids is 2. The molecule has 2 saturated heterocycles. The van der Waals surface area contributed by atoms with Crippen LogP contribution in [0.15, 0.2) is 23.2 Å². The van der Waals surface area contributed by atoms with Gasteiger partial charge >= 0.3 is 0 Å². The quantitative estimate of drug-likeness (QED) is 0.720. The topological polar surface area (TPSA) is 53.1 Å². The molecule has 0 spiro atoms. The first-order valence-electron chi connectivity index (χ1n) is 9.84. The molecule has 0 aliphatic carbocycles. The number of nitrogens with zero attached hydrogens (tertiary/aromatic N) is 3. The third kappa shape index (κ3) is 3.81. The SMILES string of the molecule is CC1CCN(C2=C(c3cccs3)C(=O)N(CCN3CCOCC3)C2=O)CC1. The molecule has 2 fully saturated rings. The summed E-state index contributed by atoms with van der Waals surface area (Å²) < 4.78 is 5.38. The van der Waals surface area contributed by atoms with Crippen LogP contribution in [-0.2, 0) is 14.3 Å². The number of likely N-dealkylation sites (tertiary alicyclic amines) is 1. The van der Waals surface area contributed by atoms with Gasteiger partial charge in [0.1, 0.15) is 5.70 Å². The van der Waals surface area contributed by atoms with Gasteiger partial charge in [-0.05, 0) is 30.2 Å². The van der Waals surface area contributed by atoms with Crippen molar-refractivity contribution in [3.05, 3.63) is 28.1 Å². The second kappa shape index (κ2) is 8.12. The van der Waals surface area contributed by atoms with Gasteiger partial charge in [-0.1, -0.05) is 13.0 Å². The van der Waals surface area contributed by atoms with Crippen molar-refractivity contribution in [3.63, 3.8) is 0 Å². The molecule has 7 heteroatoms. The van der Waals surface area contributed by atoms with E-state index in [-0.39, 0.29) is 11.8 Å². The van der Waals surface area contributed by atoms with E-state index in [4.69, 9.17) is 4.74 Å². The van der Waals surface area contributed by atoms with E-state index in [1.54, 1.807) is 0 Å². The molecule has 1 aromatic rings.